The summed E-state index contributed by atoms with van der Waals surface area (Å²) in [5.41, 5.74) is 4.58. The standard InChI is InChI=1S/C25H28N4O4/c1-27-15-20(25(26-27)19-3-5-21-24(13-19)31-11-10-30-21)16-29-8-6-28(7-9-29)14-18-2-4-22-23(12-18)33-17-32-22/h2-5,12-13,15H,6-11,14,16-17H2,1H3. The molecule has 8 heteroatoms. The molecule has 0 atom stereocenters. The van der Waals surface area contributed by atoms with Gasteiger partial charge in [0.15, 0.2) is 23.0 Å². The molecule has 33 heavy (non-hydrogen) atoms. The van der Waals surface area contributed by atoms with Gasteiger partial charge in [-0.25, -0.2) is 0 Å². The minimum absolute atomic E-state index is 0.319. The lowest BCUT2D eigenvalue weighted by Crippen LogP contribution is -2.45. The summed E-state index contributed by atoms with van der Waals surface area (Å²) in [6.45, 7) is 7.45. The Labute approximate surface area is 193 Å². The molecule has 0 amide bonds. The first-order valence-electron chi connectivity index (χ1n) is 11.5. The van der Waals surface area contributed by atoms with Crippen molar-refractivity contribution in [3.8, 4) is 34.3 Å². The second-order valence-electron chi connectivity index (χ2n) is 8.77. The van der Waals surface area contributed by atoms with Crippen molar-refractivity contribution in [3.63, 3.8) is 0 Å². The van der Waals surface area contributed by atoms with Crippen LogP contribution in [0.5, 0.6) is 23.0 Å². The van der Waals surface area contributed by atoms with Gasteiger partial charge in [0, 0.05) is 63.6 Å². The normalized spacial score (nSPS) is 18.0. The molecular formula is C25H28N4O4. The number of aromatic nitrogens is 2. The molecule has 8 nitrogen and oxygen atoms in total. The van der Waals surface area contributed by atoms with Crippen molar-refractivity contribution in [2.75, 3.05) is 46.2 Å². The Morgan fingerprint density at radius 1 is 0.758 bits per heavy atom. The average molecular weight is 449 g/mol. The smallest absolute Gasteiger partial charge is 0.231 e. The van der Waals surface area contributed by atoms with Crippen LogP contribution in [0, 0.1) is 0 Å². The minimum Gasteiger partial charge on any atom is -0.486 e. The van der Waals surface area contributed by atoms with E-state index in [9.17, 15) is 0 Å². The summed E-state index contributed by atoms with van der Waals surface area (Å²) in [6, 6.07) is 12.3. The molecule has 1 fully saturated rings. The highest BCUT2D eigenvalue weighted by atomic mass is 16.7. The van der Waals surface area contributed by atoms with Gasteiger partial charge in [0.2, 0.25) is 6.79 Å². The molecule has 0 N–H and O–H groups in total. The van der Waals surface area contributed by atoms with Crippen LogP contribution in [0.25, 0.3) is 11.3 Å². The van der Waals surface area contributed by atoms with Crippen LogP contribution in [0.3, 0.4) is 0 Å². The lowest BCUT2D eigenvalue weighted by molar-refractivity contribution is 0.122. The quantitative estimate of drug-likeness (QED) is 0.595. The molecule has 1 saturated heterocycles. The lowest BCUT2D eigenvalue weighted by atomic mass is 10.1. The zero-order chi connectivity index (χ0) is 22.2. The van der Waals surface area contributed by atoms with Crippen molar-refractivity contribution < 1.29 is 18.9 Å². The molecule has 1 aromatic heterocycles. The lowest BCUT2D eigenvalue weighted by Gasteiger charge is -2.34. The zero-order valence-electron chi connectivity index (χ0n) is 18.8. The summed E-state index contributed by atoms with van der Waals surface area (Å²) in [5.74, 6) is 3.30. The number of benzene rings is 2. The summed E-state index contributed by atoms with van der Waals surface area (Å²) >= 11 is 0. The van der Waals surface area contributed by atoms with E-state index in [1.807, 2.05) is 29.9 Å². The Morgan fingerprint density at radius 2 is 1.42 bits per heavy atom. The van der Waals surface area contributed by atoms with Gasteiger partial charge in [0.1, 0.15) is 13.2 Å². The van der Waals surface area contributed by atoms with Crippen LogP contribution >= 0.6 is 0 Å². The molecule has 0 aliphatic carbocycles. The van der Waals surface area contributed by atoms with E-state index >= 15 is 0 Å². The second kappa shape index (κ2) is 8.61. The van der Waals surface area contributed by atoms with E-state index in [1.165, 1.54) is 11.1 Å². The van der Waals surface area contributed by atoms with E-state index in [0.717, 1.165) is 73.5 Å². The van der Waals surface area contributed by atoms with Gasteiger partial charge < -0.3 is 18.9 Å². The predicted molar refractivity (Wildman–Crippen MR) is 123 cm³/mol. The molecule has 6 rings (SSSR count). The van der Waals surface area contributed by atoms with E-state index in [-0.39, 0.29) is 0 Å². The third-order valence-electron chi connectivity index (χ3n) is 6.42. The molecule has 0 saturated carbocycles. The molecule has 0 spiro atoms. The van der Waals surface area contributed by atoms with Crippen molar-refractivity contribution in [1.82, 2.24) is 19.6 Å². The number of aryl methyl sites for hydroxylation is 1. The fourth-order valence-corrected chi connectivity index (χ4v) is 4.73. The Hall–Kier alpha value is -3.23. The third-order valence-corrected chi connectivity index (χ3v) is 6.42. The van der Waals surface area contributed by atoms with Crippen LogP contribution in [0.2, 0.25) is 0 Å². The van der Waals surface area contributed by atoms with Crippen LogP contribution in [0.1, 0.15) is 11.1 Å². The van der Waals surface area contributed by atoms with Crippen LogP contribution < -0.4 is 18.9 Å². The monoisotopic (exact) mass is 448 g/mol. The average Bonchev–Trinajstić information content (AvgIpc) is 3.46. The maximum atomic E-state index is 5.78. The number of piperazine rings is 1. The number of hydrogen-bond donors (Lipinski definition) is 0. The number of rotatable bonds is 5. The Morgan fingerprint density at radius 3 is 2.27 bits per heavy atom. The first-order chi connectivity index (χ1) is 16.2. The van der Waals surface area contributed by atoms with Gasteiger partial charge in [0.05, 0.1) is 5.69 Å². The molecule has 4 heterocycles. The molecule has 3 aromatic rings. The van der Waals surface area contributed by atoms with Crippen LogP contribution in [0.15, 0.2) is 42.6 Å². The number of ether oxygens (including phenoxy) is 4. The topological polar surface area (TPSA) is 61.2 Å². The number of fused-ring (bicyclic) bond motifs is 2. The Bertz CT molecular complexity index is 1150. The fraction of sp³-hybridized carbons (Fsp3) is 0.400. The van der Waals surface area contributed by atoms with Crippen molar-refractivity contribution in [2.24, 2.45) is 7.05 Å². The van der Waals surface area contributed by atoms with E-state index in [0.29, 0.717) is 20.0 Å². The van der Waals surface area contributed by atoms with Crippen molar-refractivity contribution >= 4 is 0 Å². The predicted octanol–water partition coefficient (Wildman–Crippen LogP) is 2.90. The van der Waals surface area contributed by atoms with E-state index < -0.39 is 0 Å². The molecule has 172 valence electrons. The highest BCUT2D eigenvalue weighted by molar-refractivity contribution is 5.67. The Balaban J connectivity index is 1.10. The summed E-state index contributed by atoms with van der Waals surface area (Å²) in [4.78, 5) is 5.01. The fourth-order valence-electron chi connectivity index (χ4n) is 4.73. The van der Waals surface area contributed by atoms with E-state index in [1.54, 1.807) is 0 Å². The van der Waals surface area contributed by atoms with Gasteiger partial charge in [0.25, 0.3) is 0 Å². The van der Waals surface area contributed by atoms with E-state index in [4.69, 9.17) is 24.0 Å². The molecule has 0 unspecified atom stereocenters. The highest BCUT2D eigenvalue weighted by Crippen LogP contribution is 2.35. The molecule has 3 aliphatic heterocycles. The minimum atomic E-state index is 0.319. The zero-order valence-corrected chi connectivity index (χ0v) is 18.8. The van der Waals surface area contributed by atoms with Crippen LogP contribution in [-0.2, 0) is 20.1 Å². The van der Waals surface area contributed by atoms with Gasteiger partial charge in [-0.05, 0) is 35.9 Å². The number of hydrogen-bond acceptors (Lipinski definition) is 7. The SMILES string of the molecule is Cn1cc(CN2CCN(Cc3ccc4c(c3)OCO4)CC2)c(-c2ccc3c(c2)OCCO3)n1. The van der Waals surface area contributed by atoms with Crippen LogP contribution in [-0.4, -0.2) is 65.8 Å². The molecular weight excluding hydrogens is 420 g/mol. The summed E-state index contributed by atoms with van der Waals surface area (Å²) in [6.07, 6.45) is 2.13. The third kappa shape index (κ3) is 4.24. The summed E-state index contributed by atoms with van der Waals surface area (Å²) in [5, 5.41) is 4.76. The van der Waals surface area contributed by atoms with Gasteiger partial charge in [-0.3, -0.25) is 14.5 Å². The molecule has 0 radical (unpaired) electrons. The highest BCUT2D eigenvalue weighted by Gasteiger charge is 2.22. The first-order valence-corrected chi connectivity index (χ1v) is 11.5. The maximum Gasteiger partial charge on any atom is 0.231 e. The number of nitrogens with zero attached hydrogens (tertiary/aromatic N) is 4. The van der Waals surface area contributed by atoms with Crippen molar-refractivity contribution in [3.05, 3.63) is 53.7 Å². The Kier molecular flexibility index (Phi) is 5.32. The molecule has 0 bridgehead atoms. The van der Waals surface area contributed by atoms with Crippen molar-refractivity contribution in [2.45, 2.75) is 13.1 Å². The van der Waals surface area contributed by atoms with Gasteiger partial charge in [-0.15, -0.1) is 0 Å². The maximum absolute atomic E-state index is 5.78. The van der Waals surface area contributed by atoms with E-state index in [2.05, 4.69) is 34.2 Å². The largest absolute Gasteiger partial charge is 0.486 e. The molecule has 3 aliphatic rings. The summed E-state index contributed by atoms with van der Waals surface area (Å²) in [7, 11) is 1.98. The van der Waals surface area contributed by atoms with Crippen LogP contribution in [0.4, 0.5) is 0 Å². The molecule has 2 aromatic carbocycles. The summed E-state index contributed by atoms with van der Waals surface area (Å²) < 4.78 is 24.3. The van der Waals surface area contributed by atoms with Gasteiger partial charge >= 0.3 is 0 Å². The second-order valence-corrected chi connectivity index (χ2v) is 8.77. The van der Waals surface area contributed by atoms with Gasteiger partial charge in [-0.2, -0.15) is 5.10 Å². The van der Waals surface area contributed by atoms with Gasteiger partial charge in [-0.1, -0.05) is 6.07 Å². The van der Waals surface area contributed by atoms with Crippen molar-refractivity contribution in [1.29, 1.82) is 0 Å². The first kappa shape index (κ1) is 20.4.